The van der Waals surface area contributed by atoms with Crippen LogP contribution in [0.2, 0.25) is 5.15 Å². The predicted molar refractivity (Wildman–Crippen MR) is 68.5 cm³/mol. The van der Waals surface area contributed by atoms with Gasteiger partial charge in [-0.3, -0.25) is 9.69 Å². The van der Waals surface area contributed by atoms with Crippen molar-refractivity contribution in [3.63, 3.8) is 0 Å². The van der Waals surface area contributed by atoms with Crippen LogP contribution in [0, 0.1) is 0 Å². The van der Waals surface area contributed by atoms with Gasteiger partial charge in [0.05, 0.1) is 0 Å². The Morgan fingerprint density at radius 1 is 1.62 bits per heavy atom. The summed E-state index contributed by atoms with van der Waals surface area (Å²) in [5.74, 6) is 0.639. The first kappa shape index (κ1) is 12.1. The molecule has 0 bridgehead atoms. The van der Waals surface area contributed by atoms with Gasteiger partial charge in [0.1, 0.15) is 11.0 Å². The average molecular weight is 323 g/mol. The molecule has 2 heterocycles. The summed E-state index contributed by atoms with van der Waals surface area (Å²) in [5.41, 5.74) is 0. The Morgan fingerprint density at radius 3 is 2.94 bits per heavy atom. The first-order chi connectivity index (χ1) is 7.60. The summed E-state index contributed by atoms with van der Waals surface area (Å²) >= 11 is 10.7. The zero-order chi connectivity index (χ0) is 11.7. The molecule has 1 atom stereocenters. The smallest absolute Gasteiger partial charge is 0.229 e. The number of carbonyl (C=O) groups is 1. The van der Waals surface area contributed by atoms with Crippen molar-refractivity contribution < 1.29 is 4.79 Å². The Hall–Kier alpha value is -0.330. The van der Waals surface area contributed by atoms with Crippen molar-refractivity contribution in [1.29, 1.82) is 0 Å². The van der Waals surface area contributed by atoms with Crippen molar-refractivity contribution in [3.8, 4) is 0 Å². The molecule has 2 rings (SSSR count). The molecule has 4 nitrogen and oxygen atoms in total. The molecule has 7 heteroatoms. The van der Waals surface area contributed by atoms with Crippen LogP contribution in [0.4, 0.5) is 5.82 Å². The molecule has 0 aliphatic carbocycles. The second kappa shape index (κ2) is 4.89. The van der Waals surface area contributed by atoms with E-state index in [0.29, 0.717) is 29.1 Å². The lowest BCUT2D eigenvalue weighted by Gasteiger charge is -2.15. The monoisotopic (exact) mass is 321 g/mol. The van der Waals surface area contributed by atoms with E-state index < -0.39 is 0 Å². The number of carbonyl (C=O) groups excluding carboxylic acids is 1. The highest BCUT2D eigenvalue weighted by Gasteiger charge is 2.30. The van der Waals surface area contributed by atoms with E-state index in [2.05, 4.69) is 25.9 Å². The fourth-order valence-electron chi connectivity index (χ4n) is 1.50. The summed E-state index contributed by atoms with van der Waals surface area (Å²) < 4.78 is 0. The molecular weight excluding hydrogens is 314 g/mol. The van der Waals surface area contributed by atoms with Crippen molar-refractivity contribution in [1.82, 2.24) is 9.97 Å². The fourth-order valence-corrected chi connectivity index (χ4v) is 2.67. The fraction of sp³-hybridized carbons (Fsp3) is 0.444. The molecule has 1 fully saturated rings. The maximum absolute atomic E-state index is 11.7. The van der Waals surface area contributed by atoms with Crippen LogP contribution in [0.15, 0.2) is 11.2 Å². The number of rotatable bonds is 2. The highest BCUT2D eigenvalue weighted by molar-refractivity contribution is 9.09. The number of alkyl halides is 1. The molecule has 1 aliphatic rings. The molecule has 1 unspecified atom stereocenters. The number of halogens is 2. The van der Waals surface area contributed by atoms with Gasteiger partial charge in [-0.15, -0.1) is 0 Å². The number of anilines is 1. The van der Waals surface area contributed by atoms with Crippen molar-refractivity contribution in [2.24, 2.45) is 0 Å². The van der Waals surface area contributed by atoms with Crippen LogP contribution in [0.1, 0.15) is 6.42 Å². The van der Waals surface area contributed by atoms with Crippen LogP contribution in [0.5, 0.6) is 0 Å². The SMILES string of the molecule is CSc1nc(Cl)cc(N2CC(Br)CC2=O)n1. The van der Waals surface area contributed by atoms with Gasteiger partial charge in [-0.1, -0.05) is 39.3 Å². The number of hydrogen-bond donors (Lipinski definition) is 0. The molecule has 1 aromatic rings. The van der Waals surface area contributed by atoms with E-state index in [4.69, 9.17) is 11.6 Å². The lowest BCUT2D eigenvalue weighted by molar-refractivity contribution is -0.117. The van der Waals surface area contributed by atoms with Gasteiger partial charge in [-0.25, -0.2) is 9.97 Å². The second-order valence-corrected chi connectivity index (χ2v) is 5.80. The van der Waals surface area contributed by atoms with Gasteiger partial charge >= 0.3 is 0 Å². The van der Waals surface area contributed by atoms with Gasteiger partial charge in [0.25, 0.3) is 0 Å². The van der Waals surface area contributed by atoms with E-state index in [9.17, 15) is 4.79 Å². The van der Waals surface area contributed by atoms with Gasteiger partial charge in [-0.05, 0) is 6.26 Å². The number of hydrogen-bond acceptors (Lipinski definition) is 4. The van der Waals surface area contributed by atoms with Gasteiger partial charge in [0, 0.05) is 23.9 Å². The minimum absolute atomic E-state index is 0.0590. The maximum atomic E-state index is 11.7. The van der Waals surface area contributed by atoms with E-state index in [1.165, 1.54) is 11.8 Å². The molecule has 1 aliphatic heterocycles. The van der Waals surface area contributed by atoms with E-state index in [0.717, 1.165) is 0 Å². The highest BCUT2D eigenvalue weighted by Crippen LogP contribution is 2.26. The molecule has 0 aromatic carbocycles. The first-order valence-electron chi connectivity index (χ1n) is 4.63. The van der Waals surface area contributed by atoms with Crippen LogP contribution < -0.4 is 4.90 Å². The minimum atomic E-state index is 0.0590. The summed E-state index contributed by atoms with van der Waals surface area (Å²) in [6.45, 7) is 0.625. The number of aromatic nitrogens is 2. The van der Waals surface area contributed by atoms with Gasteiger partial charge in [0.2, 0.25) is 5.91 Å². The summed E-state index contributed by atoms with van der Waals surface area (Å²) in [6.07, 6.45) is 2.37. The summed E-state index contributed by atoms with van der Waals surface area (Å²) in [7, 11) is 0. The molecule has 0 saturated carbocycles. The van der Waals surface area contributed by atoms with Crippen molar-refractivity contribution in [2.75, 3.05) is 17.7 Å². The standard InChI is InChI=1S/C9H9BrClN3OS/c1-16-9-12-6(11)3-7(13-9)14-4-5(10)2-8(14)15/h3,5H,2,4H2,1H3. The quantitative estimate of drug-likeness (QED) is 0.363. The third-order valence-electron chi connectivity index (χ3n) is 2.20. The zero-order valence-electron chi connectivity index (χ0n) is 8.48. The lowest BCUT2D eigenvalue weighted by atomic mass is 10.4. The van der Waals surface area contributed by atoms with Crippen LogP contribution in [0.25, 0.3) is 0 Å². The molecule has 1 aromatic heterocycles. The first-order valence-corrected chi connectivity index (χ1v) is 7.15. The third-order valence-corrected chi connectivity index (χ3v) is 3.55. The molecular formula is C9H9BrClN3OS. The zero-order valence-corrected chi connectivity index (χ0v) is 11.6. The van der Waals surface area contributed by atoms with Crippen LogP contribution in [0.3, 0.4) is 0 Å². The van der Waals surface area contributed by atoms with Crippen molar-refractivity contribution >= 4 is 51.0 Å². The molecule has 1 amide bonds. The largest absolute Gasteiger partial charge is 0.295 e. The van der Waals surface area contributed by atoms with E-state index >= 15 is 0 Å². The number of thioether (sulfide) groups is 1. The van der Waals surface area contributed by atoms with Crippen molar-refractivity contribution in [3.05, 3.63) is 11.2 Å². The molecule has 16 heavy (non-hydrogen) atoms. The Morgan fingerprint density at radius 2 is 2.38 bits per heavy atom. The summed E-state index contributed by atoms with van der Waals surface area (Å²) in [4.78, 5) is 21.8. The molecule has 0 radical (unpaired) electrons. The normalized spacial score (nSPS) is 20.6. The third kappa shape index (κ3) is 2.49. The topological polar surface area (TPSA) is 46.1 Å². The molecule has 1 saturated heterocycles. The van der Waals surface area contributed by atoms with E-state index in [-0.39, 0.29) is 10.7 Å². The minimum Gasteiger partial charge on any atom is -0.295 e. The van der Waals surface area contributed by atoms with E-state index in [1.807, 2.05) is 6.26 Å². The molecule has 0 N–H and O–H groups in total. The van der Waals surface area contributed by atoms with Gasteiger partial charge < -0.3 is 0 Å². The highest BCUT2D eigenvalue weighted by atomic mass is 79.9. The van der Waals surface area contributed by atoms with Crippen molar-refractivity contribution in [2.45, 2.75) is 16.4 Å². The van der Waals surface area contributed by atoms with Gasteiger partial charge in [-0.2, -0.15) is 0 Å². The Balaban J connectivity index is 2.33. The average Bonchev–Trinajstić information content (AvgIpc) is 2.57. The summed E-state index contributed by atoms with van der Waals surface area (Å²) in [6, 6.07) is 1.62. The Kier molecular flexibility index (Phi) is 3.71. The molecule has 0 spiro atoms. The van der Waals surface area contributed by atoms with Gasteiger partial charge in [0.15, 0.2) is 5.16 Å². The van der Waals surface area contributed by atoms with E-state index in [1.54, 1.807) is 11.0 Å². The number of amides is 1. The Bertz CT molecular complexity index is 431. The van der Waals surface area contributed by atoms with Crippen LogP contribution in [-0.2, 0) is 4.79 Å². The number of nitrogens with zero attached hydrogens (tertiary/aromatic N) is 3. The Labute approximate surface area is 111 Å². The predicted octanol–water partition coefficient (Wildman–Crippen LogP) is 2.35. The van der Waals surface area contributed by atoms with Crippen LogP contribution in [-0.4, -0.2) is 33.5 Å². The lowest BCUT2D eigenvalue weighted by Crippen LogP contribution is -2.25. The maximum Gasteiger partial charge on any atom is 0.229 e. The molecule has 86 valence electrons. The second-order valence-electron chi connectivity index (χ2n) is 3.34. The summed E-state index contributed by atoms with van der Waals surface area (Å²) in [5, 5.41) is 0.938. The van der Waals surface area contributed by atoms with Crippen LogP contribution >= 0.6 is 39.3 Å².